The van der Waals surface area contributed by atoms with E-state index in [1.807, 2.05) is 84.9 Å². The van der Waals surface area contributed by atoms with E-state index in [4.69, 9.17) is 14.2 Å². The van der Waals surface area contributed by atoms with Gasteiger partial charge in [-0.05, 0) is 59.0 Å². The molecule has 2 amide bonds. The van der Waals surface area contributed by atoms with E-state index in [0.717, 1.165) is 44.2 Å². The molecule has 1 fully saturated rings. The van der Waals surface area contributed by atoms with E-state index in [-0.39, 0.29) is 32.0 Å². The van der Waals surface area contributed by atoms with Gasteiger partial charge in [0.1, 0.15) is 6.54 Å². The van der Waals surface area contributed by atoms with Crippen LogP contribution in [0.4, 0.5) is 4.79 Å². The summed E-state index contributed by atoms with van der Waals surface area (Å²) in [6, 6.07) is 29.3. The molecule has 4 aromatic rings. The number of thioether (sulfide) groups is 1. The summed E-state index contributed by atoms with van der Waals surface area (Å²) in [5, 5.41) is 15.7. The summed E-state index contributed by atoms with van der Waals surface area (Å²) >= 11 is 1.66. The van der Waals surface area contributed by atoms with E-state index >= 15 is 0 Å². The second-order valence-electron chi connectivity index (χ2n) is 10.5. The van der Waals surface area contributed by atoms with Crippen molar-refractivity contribution in [1.29, 1.82) is 0 Å². The summed E-state index contributed by atoms with van der Waals surface area (Å²) in [6.07, 6.45) is 1.64. The number of carbonyl (C=O) groups excluding carboxylic acids is 2. The third kappa shape index (κ3) is 9.39. The second-order valence-corrected chi connectivity index (χ2v) is 11.5. The first-order chi connectivity index (χ1) is 22.0. The number of aromatic nitrogens is 1. The smallest absolute Gasteiger partial charge is 0.325 e. The number of benzene rings is 3. The molecule has 3 atom stereocenters. The topological polar surface area (TPSA) is 119 Å². The lowest BCUT2D eigenvalue weighted by molar-refractivity contribution is -0.245. The summed E-state index contributed by atoms with van der Waals surface area (Å²) in [4.78, 5) is 28.1. The number of esters is 1. The standard InChI is InChI=1S/C35H37N3O6S/c1-2-42-33(40)21-38-35(41)37-20-25-7-5-8-27(17-25)28-9-6-10-29(18-28)34-43-30(23-45-32-11-3-4-16-36-32)19-31(44-34)26-14-12-24(22-39)13-15-26/h3-18,30-31,34,39H,2,19-23H2,1H3,(H2,37,38,41)/t30-,31+,34+/m1/s1. The van der Waals surface area contributed by atoms with E-state index < -0.39 is 18.3 Å². The van der Waals surface area contributed by atoms with Crippen molar-refractivity contribution < 1.29 is 28.9 Å². The number of amides is 2. The third-order valence-corrected chi connectivity index (χ3v) is 8.32. The molecule has 3 N–H and O–H groups in total. The van der Waals surface area contributed by atoms with Crippen LogP contribution >= 0.6 is 11.8 Å². The van der Waals surface area contributed by atoms with Crippen molar-refractivity contribution in [3.63, 3.8) is 0 Å². The number of nitrogens with one attached hydrogen (secondary N) is 2. The number of urea groups is 1. The molecule has 1 aliphatic heterocycles. The van der Waals surface area contributed by atoms with Gasteiger partial charge in [-0.25, -0.2) is 9.78 Å². The highest BCUT2D eigenvalue weighted by atomic mass is 32.2. The predicted octanol–water partition coefficient (Wildman–Crippen LogP) is 5.94. The lowest BCUT2D eigenvalue weighted by Gasteiger charge is -2.36. The number of aliphatic hydroxyl groups excluding tert-OH is 1. The molecule has 5 rings (SSSR count). The minimum atomic E-state index is -0.580. The number of hydrogen-bond donors (Lipinski definition) is 3. The van der Waals surface area contributed by atoms with Crippen LogP contribution in [0.15, 0.2) is 102 Å². The average molecular weight is 628 g/mol. The van der Waals surface area contributed by atoms with Gasteiger partial charge in [-0.15, -0.1) is 11.8 Å². The van der Waals surface area contributed by atoms with Gasteiger partial charge in [0.05, 0.1) is 30.4 Å². The second kappa shape index (κ2) is 16.2. The minimum absolute atomic E-state index is 0.00633. The SMILES string of the molecule is CCOC(=O)CNC(=O)NCc1cccc(-c2cccc([C@H]3O[C@@H](CSc4ccccn4)C[C@@H](c4ccc(CO)cc4)O3)c2)c1. The first kappa shape index (κ1) is 32.2. The molecule has 0 spiro atoms. The van der Waals surface area contributed by atoms with Gasteiger partial charge in [0.2, 0.25) is 0 Å². The van der Waals surface area contributed by atoms with Crippen molar-refractivity contribution in [3.05, 3.63) is 119 Å². The normalized spacial score (nSPS) is 17.8. The zero-order valence-corrected chi connectivity index (χ0v) is 25.9. The highest BCUT2D eigenvalue weighted by Crippen LogP contribution is 2.40. The number of nitrogens with zero attached hydrogens (tertiary/aromatic N) is 1. The molecule has 0 unspecified atom stereocenters. The number of pyridine rings is 1. The van der Waals surface area contributed by atoms with Crippen LogP contribution in [0.2, 0.25) is 0 Å². The molecule has 1 aromatic heterocycles. The van der Waals surface area contributed by atoms with Crippen molar-refractivity contribution in [2.45, 2.75) is 50.0 Å². The Bertz CT molecular complexity index is 1550. The fraction of sp³-hybridized carbons (Fsp3) is 0.286. The molecule has 0 aliphatic carbocycles. The Morgan fingerprint density at radius 2 is 1.71 bits per heavy atom. The van der Waals surface area contributed by atoms with Gasteiger partial charge in [0.15, 0.2) is 6.29 Å². The molecule has 45 heavy (non-hydrogen) atoms. The van der Waals surface area contributed by atoms with Crippen LogP contribution in [-0.4, -0.2) is 47.1 Å². The van der Waals surface area contributed by atoms with Gasteiger partial charge < -0.3 is 30.0 Å². The van der Waals surface area contributed by atoms with Crippen molar-refractivity contribution in [2.75, 3.05) is 18.9 Å². The molecule has 3 aromatic carbocycles. The monoisotopic (exact) mass is 627 g/mol. The molecule has 234 valence electrons. The molecular formula is C35H37N3O6S. The number of aliphatic hydroxyl groups is 1. The first-order valence-corrected chi connectivity index (χ1v) is 15.9. The van der Waals surface area contributed by atoms with Crippen LogP contribution in [0, 0.1) is 0 Å². The summed E-state index contributed by atoms with van der Waals surface area (Å²) in [5.74, 6) is 0.245. The quantitative estimate of drug-likeness (QED) is 0.130. The van der Waals surface area contributed by atoms with Crippen LogP contribution in [0.5, 0.6) is 0 Å². The Hall–Kier alpha value is -4.22. The first-order valence-electron chi connectivity index (χ1n) is 14.9. The van der Waals surface area contributed by atoms with Crippen LogP contribution < -0.4 is 10.6 Å². The summed E-state index contributed by atoms with van der Waals surface area (Å²) in [7, 11) is 0. The van der Waals surface area contributed by atoms with Crippen LogP contribution in [0.25, 0.3) is 11.1 Å². The van der Waals surface area contributed by atoms with E-state index in [2.05, 4.69) is 21.7 Å². The molecule has 1 aliphatic rings. The highest BCUT2D eigenvalue weighted by Gasteiger charge is 2.32. The molecule has 0 bridgehead atoms. The van der Waals surface area contributed by atoms with Gasteiger partial charge in [-0.2, -0.15) is 0 Å². The minimum Gasteiger partial charge on any atom is -0.465 e. The Morgan fingerprint density at radius 1 is 0.911 bits per heavy atom. The van der Waals surface area contributed by atoms with Gasteiger partial charge in [-0.3, -0.25) is 4.79 Å². The van der Waals surface area contributed by atoms with Crippen LogP contribution in [-0.2, 0) is 32.2 Å². The molecule has 9 nitrogen and oxygen atoms in total. The molecular weight excluding hydrogens is 590 g/mol. The zero-order chi connectivity index (χ0) is 31.4. The molecule has 0 radical (unpaired) electrons. The van der Waals surface area contributed by atoms with E-state index in [1.165, 1.54) is 0 Å². The lowest BCUT2D eigenvalue weighted by atomic mass is 9.99. The average Bonchev–Trinajstić information content (AvgIpc) is 3.09. The van der Waals surface area contributed by atoms with Crippen LogP contribution in [0.3, 0.4) is 0 Å². The van der Waals surface area contributed by atoms with Gasteiger partial charge >= 0.3 is 12.0 Å². The Labute approximate surface area is 267 Å². The largest absolute Gasteiger partial charge is 0.465 e. The maximum Gasteiger partial charge on any atom is 0.325 e. The van der Waals surface area contributed by atoms with E-state index in [1.54, 1.807) is 24.9 Å². The van der Waals surface area contributed by atoms with Gasteiger partial charge in [0, 0.05) is 30.5 Å². The fourth-order valence-electron chi connectivity index (χ4n) is 4.97. The van der Waals surface area contributed by atoms with Crippen molar-refractivity contribution in [1.82, 2.24) is 15.6 Å². The van der Waals surface area contributed by atoms with Crippen molar-refractivity contribution in [2.24, 2.45) is 0 Å². The number of ether oxygens (including phenoxy) is 3. The zero-order valence-electron chi connectivity index (χ0n) is 25.1. The molecule has 0 saturated carbocycles. The lowest BCUT2D eigenvalue weighted by Crippen LogP contribution is -2.38. The maximum atomic E-state index is 12.1. The van der Waals surface area contributed by atoms with Crippen molar-refractivity contribution in [3.8, 4) is 11.1 Å². The summed E-state index contributed by atoms with van der Waals surface area (Å²) < 4.78 is 17.9. The summed E-state index contributed by atoms with van der Waals surface area (Å²) in [5.41, 5.74) is 5.67. The van der Waals surface area contributed by atoms with E-state index in [0.29, 0.717) is 13.0 Å². The fourth-order valence-corrected chi connectivity index (χ4v) is 5.85. The van der Waals surface area contributed by atoms with Crippen LogP contribution in [0.1, 0.15) is 48.0 Å². The summed E-state index contributed by atoms with van der Waals surface area (Å²) in [6.45, 7) is 2.08. The number of hydrogen-bond acceptors (Lipinski definition) is 8. The molecule has 10 heteroatoms. The molecule has 1 saturated heterocycles. The number of rotatable bonds is 12. The maximum absolute atomic E-state index is 12.1. The molecule has 2 heterocycles. The Balaban J connectivity index is 1.29. The Kier molecular flexibility index (Phi) is 11.6. The highest BCUT2D eigenvalue weighted by molar-refractivity contribution is 7.99. The van der Waals surface area contributed by atoms with Gasteiger partial charge in [-0.1, -0.05) is 66.7 Å². The Morgan fingerprint density at radius 3 is 2.47 bits per heavy atom. The van der Waals surface area contributed by atoms with E-state index in [9.17, 15) is 14.7 Å². The van der Waals surface area contributed by atoms with Gasteiger partial charge in [0.25, 0.3) is 0 Å². The predicted molar refractivity (Wildman–Crippen MR) is 172 cm³/mol. The third-order valence-electron chi connectivity index (χ3n) is 7.24. The van der Waals surface area contributed by atoms with Crippen molar-refractivity contribution >= 4 is 23.8 Å². The number of carbonyl (C=O) groups is 2.